The summed E-state index contributed by atoms with van der Waals surface area (Å²) < 4.78 is 0. The van der Waals surface area contributed by atoms with Crippen LogP contribution >= 0.6 is 0 Å². The first-order chi connectivity index (χ1) is 37.2. The van der Waals surface area contributed by atoms with Crippen LogP contribution in [0.5, 0.6) is 0 Å². The number of fused-ring (bicyclic) bond motifs is 16. The van der Waals surface area contributed by atoms with E-state index in [0.717, 1.165) is 34.1 Å². The molecule has 0 unspecified atom stereocenters. The molecule has 0 bridgehead atoms. The van der Waals surface area contributed by atoms with Gasteiger partial charge >= 0.3 is 0 Å². The summed E-state index contributed by atoms with van der Waals surface area (Å²) in [5.74, 6) is 0. The number of nitrogens with zero attached hydrogens (tertiary/aromatic N) is 2. The molecule has 0 fully saturated rings. The molecule has 2 heteroatoms. The Hall–Kier alpha value is -9.76. The Bertz CT molecular complexity index is 4310. The molecule has 1 spiro atoms. The largest absolute Gasteiger partial charge is 0.310 e. The van der Waals surface area contributed by atoms with Gasteiger partial charge in [0.2, 0.25) is 0 Å². The van der Waals surface area contributed by atoms with Gasteiger partial charge in [0.05, 0.1) is 5.41 Å². The fraction of sp³-hybridized carbons (Fsp3) is 0.0137. The molecule has 2 aliphatic rings. The molecule has 0 atom stereocenters. The predicted octanol–water partition coefficient (Wildman–Crippen LogP) is 19.8. The average molecular weight is 953 g/mol. The highest BCUT2D eigenvalue weighted by atomic mass is 15.1. The van der Waals surface area contributed by atoms with E-state index in [0.29, 0.717) is 0 Å². The lowest BCUT2D eigenvalue weighted by Crippen LogP contribution is -2.26. The van der Waals surface area contributed by atoms with E-state index in [9.17, 15) is 0 Å². The van der Waals surface area contributed by atoms with Crippen LogP contribution in [0.15, 0.2) is 291 Å². The van der Waals surface area contributed by atoms with Crippen LogP contribution < -0.4 is 9.80 Å². The van der Waals surface area contributed by atoms with E-state index in [4.69, 9.17) is 0 Å². The molecule has 15 rings (SSSR count). The van der Waals surface area contributed by atoms with Gasteiger partial charge in [-0.25, -0.2) is 0 Å². The summed E-state index contributed by atoms with van der Waals surface area (Å²) in [4.78, 5) is 4.82. The molecule has 13 aromatic carbocycles. The van der Waals surface area contributed by atoms with Crippen molar-refractivity contribution in [3.8, 4) is 44.5 Å². The monoisotopic (exact) mass is 952 g/mol. The molecule has 0 saturated carbocycles. The van der Waals surface area contributed by atoms with E-state index in [1.807, 2.05) is 0 Å². The van der Waals surface area contributed by atoms with Gasteiger partial charge in [0, 0.05) is 34.1 Å². The maximum atomic E-state index is 2.54. The van der Waals surface area contributed by atoms with E-state index >= 15 is 0 Å². The Morgan fingerprint density at radius 2 is 0.680 bits per heavy atom. The highest BCUT2D eigenvalue weighted by Gasteiger charge is 2.53. The van der Waals surface area contributed by atoms with E-state index in [1.54, 1.807) is 0 Å². The summed E-state index contributed by atoms with van der Waals surface area (Å²) in [6.07, 6.45) is 0. The van der Waals surface area contributed by atoms with Crippen molar-refractivity contribution in [2.75, 3.05) is 9.80 Å². The molecule has 2 aliphatic carbocycles. The van der Waals surface area contributed by atoms with Gasteiger partial charge in [0.1, 0.15) is 0 Å². The molecular weight excluding hydrogens is 905 g/mol. The molecule has 0 amide bonds. The topological polar surface area (TPSA) is 6.48 Å². The molecule has 0 N–H and O–H groups in total. The quantitative estimate of drug-likeness (QED) is 0.140. The van der Waals surface area contributed by atoms with E-state index in [-0.39, 0.29) is 0 Å². The first kappa shape index (κ1) is 42.9. The Labute approximate surface area is 437 Å². The number of hydrogen-bond acceptors (Lipinski definition) is 2. The summed E-state index contributed by atoms with van der Waals surface area (Å²) in [6.45, 7) is 0. The second-order valence-electron chi connectivity index (χ2n) is 20.0. The molecular formula is C73H48N2. The number of hydrogen-bond donors (Lipinski definition) is 0. The van der Waals surface area contributed by atoms with Crippen LogP contribution in [-0.2, 0) is 5.41 Å². The molecule has 0 heterocycles. The molecule has 0 saturated heterocycles. The summed E-state index contributed by atoms with van der Waals surface area (Å²) in [5.41, 5.74) is 21.3. The Balaban J connectivity index is 0.983. The van der Waals surface area contributed by atoms with Gasteiger partial charge in [-0.3, -0.25) is 0 Å². The van der Waals surface area contributed by atoms with Crippen LogP contribution in [0.3, 0.4) is 0 Å². The SMILES string of the molecule is c1ccc(-c2cccc(N(c3ccccc3)c3ccc4cc5c(cc4c3)C3(c4ccccc4-c4ccccc43)c3c-5c4ccccc4c4cc(N(c5ccccc5)c5cccc(-c6ccccc6)c5)ccc34)c2)cc1. The summed E-state index contributed by atoms with van der Waals surface area (Å²) in [5, 5.41) is 7.42. The van der Waals surface area contributed by atoms with Crippen LogP contribution in [0.4, 0.5) is 34.1 Å². The standard InChI is InChI=1S/C73H48N2/c1-5-21-49(22-6-1)51-25-19-31-57(43-51)74(55-27-9-3-10-28-55)59-40-39-53-46-67-70(47-54(53)45-59)73(68-37-17-15-34-62(68)63-35-16-18-38-69(63)73)72-65-42-41-60(48-66(65)61-33-13-14-36-64(61)71(67)72)75(56-29-11-4-12-30-56)58-32-20-26-52(44-58)50-23-7-2-8-24-50/h1-48H. The number of anilines is 6. The highest BCUT2D eigenvalue weighted by Crippen LogP contribution is 2.66. The maximum absolute atomic E-state index is 2.54. The number of para-hydroxylation sites is 2. The van der Waals surface area contributed by atoms with Crippen molar-refractivity contribution in [3.63, 3.8) is 0 Å². The molecule has 0 radical (unpaired) electrons. The van der Waals surface area contributed by atoms with Gasteiger partial charge in [0.25, 0.3) is 0 Å². The smallest absolute Gasteiger partial charge is 0.0731 e. The maximum Gasteiger partial charge on any atom is 0.0731 e. The first-order valence-corrected chi connectivity index (χ1v) is 26.0. The lowest BCUT2D eigenvalue weighted by Gasteiger charge is -2.32. The summed E-state index contributed by atoms with van der Waals surface area (Å²) in [7, 11) is 0. The van der Waals surface area contributed by atoms with Crippen molar-refractivity contribution in [1.29, 1.82) is 0 Å². The Morgan fingerprint density at radius 1 is 0.227 bits per heavy atom. The lowest BCUT2D eigenvalue weighted by molar-refractivity contribution is 0.803. The molecule has 0 aromatic heterocycles. The van der Waals surface area contributed by atoms with Gasteiger partial charge < -0.3 is 9.80 Å². The predicted molar refractivity (Wildman–Crippen MR) is 315 cm³/mol. The zero-order valence-electron chi connectivity index (χ0n) is 41.1. The minimum absolute atomic E-state index is 0.599. The Kier molecular flexibility index (Phi) is 9.83. The van der Waals surface area contributed by atoms with Crippen LogP contribution in [0, 0.1) is 0 Å². The number of rotatable bonds is 8. The second-order valence-corrected chi connectivity index (χ2v) is 20.0. The van der Waals surface area contributed by atoms with E-state index in [1.165, 1.54) is 99.1 Å². The van der Waals surface area contributed by atoms with Gasteiger partial charge in [-0.1, -0.05) is 206 Å². The number of benzene rings is 13. The molecule has 0 aliphatic heterocycles. The first-order valence-electron chi connectivity index (χ1n) is 26.0. The van der Waals surface area contributed by atoms with E-state index in [2.05, 4.69) is 301 Å². The van der Waals surface area contributed by atoms with Crippen molar-refractivity contribution in [3.05, 3.63) is 313 Å². The molecule has 13 aromatic rings. The fourth-order valence-corrected chi connectivity index (χ4v) is 12.8. The minimum Gasteiger partial charge on any atom is -0.310 e. The minimum atomic E-state index is -0.599. The van der Waals surface area contributed by atoms with Crippen molar-refractivity contribution in [1.82, 2.24) is 0 Å². The third-order valence-corrected chi connectivity index (χ3v) is 15.9. The highest BCUT2D eigenvalue weighted by molar-refractivity contribution is 6.21. The summed E-state index contributed by atoms with van der Waals surface area (Å²) in [6, 6.07) is 108. The van der Waals surface area contributed by atoms with Crippen molar-refractivity contribution in [2.45, 2.75) is 5.41 Å². The zero-order chi connectivity index (χ0) is 49.5. The Morgan fingerprint density at radius 3 is 1.27 bits per heavy atom. The van der Waals surface area contributed by atoms with Crippen molar-refractivity contribution < 1.29 is 0 Å². The van der Waals surface area contributed by atoms with Crippen LogP contribution in [0.2, 0.25) is 0 Å². The third kappa shape index (κ3) is 6.66. The fourth-order valence-electron chi connectivity index (χ4n) is 12.8. The lowest BCUT2D eigenvalue weighted by atomic mass is 9.69. The average Bonchev–Trinajstić information content (AvgIpc) is 4.02. The van der Waals surface area contributed by atoms with Gasteiger partial charge in [-0.2, -0.15) is 0 Å². The third-order valence-electron chi connectivity index (χ3n) is 15.9. The molecule has 75 heavy (non-hydrogen) atoms. The van der Waals surface area contributed by atoms with Gasteiger partial charge in [-0.15, -0.1) is 0 Å². The van der Waals surface area contributed by atoms with Gasteiger partial charge in [-0.05, 0) is 184 Å². The van der Waals surface area contributed by atoms with E-state index < -0.39 is 5.41 Å². The van der Waals surface area contributed by atoms with Crippen LogP contribution in [-0.4, -0.2) is 0 Å². The zero-order valence-corrected chi connectivity index (χ0v) is 41.1. The normalized spacial score (nSPS) is 12.6. The summed E-state index contributed by atoms with van der Waals surface area (Å²) >= 11 is 0. The van der Waals surface area contributed by atoms with Gasteiger partial charge in [0.15, 0.2) is 0 Å². The molecule has 2 nitrogen and oxygen atoms in total. The van der Waals surface area contributed by atoms with Crippen LogP contribution in [0.1, 0.15) is 22.3 Å². The second kappa shape index (κ2) is 17.2. The van der Waals surface area contributed by atoms with Crippen molar-refractivity contribution >= 4 is 66.4 Å². The van der Waals surface area contributed by atoms with Crippen LogP contribution in [0.25, 0.3) is 76.8 Å². The molecule has 350 valence electrons. The van der Waals surface area contributed by atoms with Crippen molar-refractivity contribution in [2.24, 2.45) is 0 Å².